The molecule has 0 saturated carbocycles. The van der Waals surface area contributed by atoms with Gasteiger partial charge in [0.15, 0.2) is 5.69 Å². The minimum Gasteiger partial charge on any atom is -0.618 e. The molecule has 3 nitrogen and oxygen atoms in total. The van der Waals surface area contributed by atoms with Crippen molar-refractivity contribution >= 4 is 0 Å². The maximum Gasteiger partial charge on any atom is 0.223 e. The molecule has 18 heavy (non-hydrogen) atoms. The van der Waals surface area contributed by atoms with Gasteiger partial charge in [0.2, 0.25) is 5.69 Å². The summed E-state index contributed by atoms with van der Waals surface area (Å²) in [4.78, 5) is 0. The number of unbranched alkanes of at least 4 members (excludes halogenated alkanes) is 1. The molecule has 1 heterocycles. The summed E-state index contributed by atoms with van der Waals surface area (Å²) in [5, 5.41) is 20.7. The summed E-state index contributed by atoms with van der Waals surface area (Å²) in [6.07, 6.45) is 1.84. The van der Waals surface area contributed by atoms with Crippen LogP contribution in [0.15, 0.2) is 48.5 Å². The predicted octanol–water partition coefficient (Wildman–Crippen LogP) is 2.83. The SMILES string of the molecule is N#CCCCc1cccc(-c2ccccc2)[n+]1[O-]. The van der Waals surface area contributed by atoms with Gasteiger partial charge < -0.3 is 5.21 Å². The lowest BCUT2D eigenvalue weighted by Gasteiger charge is -2.08. The van der Waals surface area contributed by atoms with Crippen LogP contribution in [0.5, 0.6) is 0 Å². The summed E-state index contributed by atoms with van der Waals surface area (Å²) < 4.78 is 0.965. The minimum atomic E-state index is 0.482. The zero-order valence-corrected chi connectivity index (χ0v) is 10.0. The summed E-state index contributed by atoms with van der Waals surface area (Å²) in [7, 11) is 0. The van der Waals surface area contributed by atoms with Crippen LogP contribution < -0.4 is 4.73 Å². The van der Waals surface area contributed by atoms with Crippen LogP contribution in [0.4, 0.5) is 0 Å². The zero-order chi connectivity index (χ0) is 12.8. The highest BCUT2D eigenvalue weighted by Crippen LogP contribution is 2.15. The van der Waals surface area contributed by atoms with E-state index in [0.29, 0.717) is 24.2 Å². The summed E-state index contributed by atoms with van der Waals surface area (Å²) in [6.45, 7) is 0. The largest absolute Gasteiger partial charge is 0.618 e. The smallest absolute Gasteiger partial charge is 0.223 e. The number of hydrogen-bond acceptors (Lipinski definition) is 2. The van der Waals surface area contributed by atoms with Gasteiger partial charge in [0.25, 0.3) is 0 Å². The summed E-state index contributed by atoms with van der Waals surface area (Å²) in [6, 6.07) is 17.2. The quantitative estimate of drug-likeness (QED) is 0.467. The van der Waals surface area contributed by atoms with E-state index in [-0.39, 0.29) is 0 Å². The lowest BCUT2D eigenvalue weighted by atomic mass is 10.1. The first-order valence-electron chi connectivity index (χ1n) is 5.97. The summed E-state index contributed by atoms with van der Waals surface area (Å²) in [5.41, 5.74) is 2.28. The summed E-state index contributed by atoms with van der Waals surface area (Å²) in [5.74, 6) is 0. The normalized spacial score (nSPS) is 9.94. The topological polar surface area (TPSA) is 50.7 Å². The highest BCUT2D eigenvalue weighted by molar-refractivity contribution is 5.55. The molecule has 2 aromatic rings. The van der Waals surface area contributed by atoms with Crippen LogP contribution in [0.2, 0.25) is 0 Å². The second-order valence-corrected chi connectivity index (χ2v) is 4.07. The fraction of sp³-hybridized carbons (Fsp3) is 0.200. The molecule has 2 rings (SSSR count). The third-order valence-corrected chi connectivity index (χ3v) is 2.81. The van der Waals surface area contributed by atoms with Crippen molar-refractivity contribution in [1.82, 2.24) is 0 Å². The van der Waals surface area contributed by atoms with Gasteiger partial charge in [-0.2, -0.15) is 9.99 Å². The molecule has 0 radical (unpaired) electrons. The van der Waals surface area contributed by atoms with Gasteiger partial charge in [-0.05, 0) is 24.6 Å². The molecule has 0 saturated heterocycles. The Labute approximate surface area is 107 Å². The van der Waals surface area contributed by atoms with Crippen molar-refractivity contribution in [2.24, 2.45) is 0 Å². The van der Waals surface area contributed by atoms with Crippen molar-refractivity contribution < 1.29 is 4.73 Å². The average molecular weight is 238 g/mol. The summed E-state index contributed by atoms with van der Waals surface area (Å²) >= 11 is 0. The first-order valence-corrected chi connectivity index (χ1v) is 5.97. The van der Waals surface area contributed by atoms with Crippen molar-refractivity contribution in [3.8, 4) is 17.3 Å². The monoisotopic (exact) mass is 238 g/mol. The van der Waals surface area contributed by atoms with Crippen LogP contribution in [0.1, 0.15) is 18.5 Å². The van der Waals surface area contributed by atoms with E-state index in [4.69, 9.17) is 5.26 Å². The molecule has 0 aliphatic heterocycles. The Bertz CT molecular complexity index is 558. The van der Waals surface area contributed by atoms with Gasteiger partial charge in [-0.25, -0.2) is 0 Å². The van der Waals surface area contributed by atoms with Crippen LogP contribution in [0.25, 0.3) is 11.3 Å². The minimum absolute atomic E-state index is 0.482. The molecule has 0 amide bonds. The number of aryl methyl sites for hydroxylation is 1. The molecule has 0 N–H and O–H groups in total. The maximum atomic E-state index is 12.2. The van der Waals surface area contributed by atoms with E-state index in [2.05, 4.69) is 6.07 Å². The molecule has 90 valence electrons. The standard InChI is InChI=1S/C15H14N2O/c16-12-5-4-9-14-10-6-11-15(17(14)18)13-7-2-1-3-8-13/h1-3,6-8,10-11H,4-5,9H2. The molecule has 0 aliphatic rings. The van der Waals surface area contributed by atoms with Crippen LogP contribution in [0.3, 0.4) is 0 Å². The second-order valence-electron chi connectivity index (χ2n) is 4.07. The number of aromatic nitrogens is 1. The van der Waals surface area contributed by atoms with E-state index in [1.54, 1.807) is 0 Å². The number of hydrogen-bond donors (Lipinski definition) is 0. The highest BCUT2D eigenvalue weighted by Gasteiger charge is 2.12. The number of pyridine rings is 1. The van der Waals surface area contributed by atoms with E-state index in [9.17, 15) is 5.21 Å². The molecule has 0 aliphatic carbocycles. The van der Waals surface area contributed by atoms with Crippen LogP contribution in [-0.4, -0.2) is 0 Å². The average Bonchev–Trinajstić information content (AvgIpc) is 2.42. The van der Waals surface area contributed by atoms with E-state index >= 15 is 0 Å². The van der Waals surface area contributed by atoms with Gasteiger partial charge in [0.1, 0.15) is 0 Å². The van der Waals surface area contributed by atoms with Crippen LogP contribution in [-0.2, 0) is 6.42 Å². The molecule has 1 aromatic heterocycles. The van der Waals surface area contributed by atoms with Crippen molar-refractivity contribution in [3.05, 3.63) is 59.4 Å². The maximum absolute atomic E-state index is 12.2. The molecule has 0 fully saturated rings. The molecular formula is C15H14N2O. The van der Waals surface area contributed by atoms with Gasteiger partial charge in [0, 0.05) is 30.5 Å². The lowest BCUT2D eigenvalue weighted by Crippen LogP contribution is -2.34. The van der Waals surface area contributed by atoms with Gasteiger partial charge in [-0.3, -0.25) is 0 Å². The molecule has 0 unspecified atom stereocenters. The van der Waals surface area contributed by atoms with Crippen molar-refractivity contribution in [2.45, 2.75) is 19.3 Å². The predicted molar refractivity (Wildman–Crippen MR) is 69.4 cm³/mol. The van der Waals surface area contributed by atoms with Crippen molar-refractivity contribution in [3.63, 3.8) is 0 Å². The van der Waals surface area contributed by atoms with Crippen LogP contribution >= 0.6 is 0 Å². The highest BCUT2D eigenvalue weighted by atomic mass is 16.5. The Morgan fingerprint density at radius 1 is 1.06 bits per heavy atom. The molecule has 0 bridgehead atoms. The van der Waals surface area contributed by atoms with Crippen LogP contribution in [0, 0.1) is 16.5 Å². The van der Waals surface area contributed by atoms with E-state index < -0.39 is 0 Å². The molecule has 0 atom stereocenters. The zero-order valence-electron chi connectivity index (χ0n) is 10.0. The number of benzene rings is 1. The number of nitriles is 1. The van der Waals surface area contributed by atoms with E-state index in [1.165, 1.54) is 0 Å². The molecule has 3 heteroatoms. The van der Waals surface area contributed by atoms with Gasteiger partial charge >= 0.3 is 0 Å². The van der Waals surface area contributed by atoms with Gasteiger partial charge in [0.05, 0.1) is 6.07 Å². The fourth-order valence-electron chi connectivity index (χ4n) is 1.90. The van der Waals surface area contributed by atoms with E-state index in [1.807, 2.05) is 48.5 Å². The van der Waals surface area contributed by atoms with Gasteiger partial charge in [-0.15, -0.1) is 0 Å². The van der Waals surface area contributed by atoms with Gasteiger partial charge in [-0.1, -0.05) is 18.2 Å². The van der Waals surface area contributed by atoms with E-state index in [0.717, 1.165) is 16.7 Å². The second kappa shape index (κ2) is 5.83. The molecular weight excluding hydrogens is 224 g/mol. The van der Waals surface area contributed by atoms with Crippen molar-refractivity contribution in [2.75, 3.05) is 0 Å². The third kappa shape index (κ3) is 2.67. The Hall–Kier alpha value is -2.34. The third-order valence-electron chi connectivity index (χ3n) is 2.81. The Balaban J connectivity index is 2.28. The lowest BCUT2D eigenvalue weighted by molar-refractivity contribution is -0.602. The number of rotatable bonds is 4. The fourth-order valence-corrected chi connectivity index (χ4v) is 1.90. The first-order chi connectivity index (χ1) is 8.83. The Kier molecular flexibility index (Phi) is 3.93. The Morgan fingerprint density at radius 3 is 2.56 bits per heavy atom. The molecule has 1 aromatic carbocycles. The first kappa shape index (κ1) is 12.1. The Morgan fingerprint density at radius 2 is 1.83 bits per heavy atom. The molecule has 0 spiro atoms. The van der Waals surface area contributed by atoms with Crippen molar-refractivity contribution in [1.29, 1.82) is 5.26 Å². The number of nitrogens with zero attached hydrogens (tertiary/aromatic N) is 2.